The number of alkyl halides is 6. The molecule has 8 heteroatoms. The van der Waals surface area contributed by atoms with Crippen LogP contribution in [0, 0.1) is 0 Å². The van der Waals surface area contributed by atoms with Gasteiger partial charge in [0.1, 0.15) is 0 Å². The lowest BCUT2D eigenvalue weighted by Gasteiger charge is -2.17. The molecule has 0 aliphatic rings. The fourth-order valence-electron chi connectivity index (χ4n) is 1.11. The van der Waals surface area contributed by atoms with E-state index in [-0.39, 0.29) is 6.07 Å². The van der Waals surface area contributed by atoms with Crippen molar-refractivity contribution in [3.05, 3.63) is 34.3 Å². The molecule has 17 heavy (non-hydrogen) atoms. The molecule has 0 aliphatic carbocycles. The summed E-state index contributed by atoms with van der Waals surface area (Å²) in [6.07, 6.45) is -12.9. The molecule has 0 amide bonds. The highest BCUT2D eigenvalue weighted by Crippen LogP contribution is 2.39. The molecule has 1 nitrogen and oxygen atoms in total. The molecule has 1 aromatic rings. The van der Waals surface area contributed by atoms with Gasteiger partial charge in [0.25, 0.3) is 0 Å². The van der Waals surface area contributed by atoms with Crippen LogP contribution in [0.4, 0.5) is 26.3 Å². The second kappa shape index (κ2) is 4.38. The van der Waals surface area contributed by atoms with Crippen molar-refractivity contribution >= 4 is 11.6 Å². The fraction of sp³-hybridized carbons (Fsp3) is 0.333. The van der Waals surface area contributed by atoms with Gasteiger partial charge < -0.3 is 5.11 Å². The number of aliphatic hydroxyl groups excluding tert-OH is 1. The first-order valence-electron chi connectivity index (χ1n) is 4.15. The minimum absolute atomic E-state index is 0.181. The molecule has 1 N–H and O–H groups in total. The van der Waals surface area contributed by atoms with Crippen LogP contribution in [0.3, 0.4) is 0 Å². The predicted molar refractivity (Wildman–Crippen MR) is 47.5 cm³/mol. The molecule has 0 saturated carbocycles. The lowest BCUT2D eigenvalue weighted by atomic mass is 10.1. The average molecular weight is 279 g/mol. The quantitative estimate of drug-likeness (QED) is 0.771. The van der Waals surface area contributed by atoms with Crippen molar-refractivity contribution in [2.75, 3.05) is 0 Å². The molecule has 0 bridgehead atoms. The molecule has 0 aromatic heterocycles. The van der Waals surface area contributed by atoms with E-state index in [1.165, 1.54) is 0 Å². The molecule has 0 unspecified atom stereocenters. The minimum atomic E-state index is -5.08. The van der Waals surface area contributed by atoms with Gasteiger partial charge in [0.2, 0.25) is 0 Å². The third-order valence-electron chi connectivity index (χ3n) is 1.93. The zero-order valence-corrected chi connectivity index (χ0v) is 8.66. The highest BCUT2D eigenvalue weighted by molar-refractivity contribution is 6.31. The molecule has 0 fully saturated rings. The second-order valence-electron chi connectivity index (χ2n) is 3.18. The molecule has 0 radical (unpaired) electrons. The Bertz CT molecular complexity index is 411. The standard InChI is InChI=1S/C9H5ClF6O/c10-6-2-1-4(8(11,12)13)3-5(6)7(17)9(14,15)16/h1-3,7,17H/t7-/m0/s1. The number of hydrogen-bond acceptors (Lipinski definition) is 1. The highest BCUT2D eigenvalue weighted by atomic mass is 35.5. The van der Waals surface area contributed by atoms with E-state index >= 15 is 0 Å². The monoisotopic (exact) mass is 278 g/mol. The third-order valence-corrected chi connectivity index (χ3v) is 2.27. The van der Waals surface area contributed by atoms with Crippen molar-refractivity contribution in [2.24, 2.45) is 0 Å². The summed E-state index contributed by atoms with van der Waals surface area (Å²) in [6.45, 7) is 0. The van der Waals surface area contributed by atoms with E-state index < -0.39 is 34.6 Å². The largest absolute Gasteiger partial charge is 0.418 e. The summed E-state index contributed by atoms with van der Waals surface area (Å²) in [5.74, 6) is 0. The Morgan fingerprint density at radius 2 is 1.59 bits per heavy atom. The number of hydrogen-bond donors (Lipinski definition) is 1. The van der Waals surface area contributed by atoms with Crippen LogP contribution < -0.4 is 0 Å². The van der Waals surface area contributed by atoms with E-state index in [0.717, 1.165) is 0 Å². The van der Waals surface area contributed by atoms with Gasteiger partial charge in [-0.05, 0) is 18.2 Å². The Labute approximate surface area is 96.6 Å². The molecule has 96 valence electrons. The molecule has 0 spiro atoms. The lowest BCUT2D eigenvalue weighted by Crippen LogP contribution is -2.21. The first-order valence-corrected chi connectivity index (χ1v) is 4.52. The van der Waals surface area contributed by atoms with Crippen LogP contribution in [0.1, 0.15) is 17.2 Å². The SMILES string of the molecule is O[C@@H](c1cc(C(F)(F)F)ccc1Cl)C(F)(F)F. The smallest absolute Gasteiger partial charge is 0.379 e. The van der Waals surface area contributed by atoms with E-state index in [1.54, 1.807) is 0 Å². The highest BCUT2D eigenvalue weighted by Gasteiger charge is 2.41. The van der Waals surface area contributed by atoms with Crippen LogP contribution in [0.5, 0.6) is 0 Å². The minimum Gasteiger partial charge on any atom is -0.379 e. The maximum atomic E-state index is 12.3. The van der Waals surface area contributed by atoms with Gasteiger partial charge in [-0.2, -0.15) is 26.3 Å². The van der Waals surface area contributed by atoms with Crippen molar-refractivity contribution in [3.8, 4) is 0 Å². The number of benzene rings is 1. The van der Waals surface area contributed by atoms with Crippen molar-refractivity contribution in [3.63, 3.8) is 0 Å². The normalized spacial score (nSPS) is 14.8. The molecular formula is C9H5ClF6O. The van der Waals surface area contributed by atoms with E-state index in [0.29, 0.717) is 12.1 Å². The number of aliphatic hydroxyl groups is 1. The van der Waals surface area contributed by atoms with Gasteiger partial charge in [-0.15, -0.1) is 0 Å². The second-order valence-corrected chi connectivity index (χ2v) is 3.59. The lowest BCUT2D eigenvalue weighted by molar-refractivity contribution is -0.207. The van der Waals surface area contributed by atoms with E-state index in [1.807, 2.05) is 0 Å². The summed E-state index contributed by atoms with van der Waals surface area (Å²) >= 11 is 5.32. The van der Waals surface area contributed by atoms with Crippen molar-refractivity contribution < 1.29 is 31.4 Å². The van der Waals surface area contributed by atoms with Gasteiger partial charge in [0.15, 0.2) is 6.10 Å². The Kier molecular flexibility index (Phi) is 3.63. The summed E-state index contributed by atoms with van der Waals surface area (Å²) in [5.41, 5.74) is -2.32. The van der Waals surface area contributed by atoms with Gasteiger partial charge in [-0.3, -0.25) is 0 Å². The van der Waals surface area contributed by atoms with Gasteiger partial charge in [-0.1, -0.05) is 11.6 Å². The van der Waals surface area contributed by atoms with Gasteiger partial charge in [0.05, 0.1) is 5.56 Å². The average Bonchev–Trinajstić information content (AvgIpc) is 2.14. The maximum absolute atomic E-state index is 12.3. The fourth-order valence-corrected chi connectivity index (χ4v) is 1.33. The number of halogens is 7. The van der Waals surface area contributed by atoms with Crippen LogP contribution >= 0.6 is 11.6 Å². The Morgan fingerprint density at radius 3 is 2.00 bits per heavy atom. The molecule has 1 atom stereocenters. The van der Waals surface area contributed by atoms with Crippen LogP contribution in [-0.2, 0) is 6.18 Å². The zero-order valence-electron chi connectivity index (χ0n) is 7.90. The number of rotatable bonds is 1. The molecule has 1 rings (SSSR count). The Hall–Kier alpha value is -0.950. The van der Waals surface area contributed by atoms with Crippen molar-refractivity contribution in [2.45, 2.75) is 18.5 Å². The Morgan fingerprint density at radius 1 is 1.06 bits per heavy atom. The van der Waals surface area contributed by atoms with E-state index in [9.17, 15) is 26.3 Å². The Balaban J connectivity index is 3.25. The first-order chi connectivity index (χ1) is 7.53. The molecule has 0 saturated heterocycles. The van der Waals surface area contributed by atoms with Crippen molar-refractivity contribution in [1.29, 1.82) is 0 Å². The molecule has 0 aliphatic heterocycles. The summed E-state index contributed by atoms with van der Waals surface area (Å²) in [4.78, 5) is 0. The van der Waals surface area contributed by atoms with E-state index in [2.05, 4.69) is 0 Å². The predicted octanol–water partition coefficient (Wildman–Crippen LogP) is 3.95. The molecule has 0 heterocycles. The van der Waals surface area contributed by atoms with Crippen LogP contribution in [0.15, 0.2) is 18.2 Å². The summed E-state index contributed by atoms with van der Waals surface area (Å²) in [6, 6.07) is 1.38. The van der Waals surface area contributed by atoms with Gasteiger partial charge in [-0.25, -0.2) is 0 Å². The summed E-state index contributed by atoms with van der Waals surface area (Å²) in [5, 5.41) is 8.27. The van der Waals surface area contributed by atoms with E-state index in [4.69, 9.17) is 16.7 Å². The topological polar surface area (TPSA) is 20.2 Å². The van der Waals surface area contributed by atoms with Crippen molar-refractivity contribution in [1.82, 2.24) is 0 Å². The maximum Gasteiger partial charge on any atom is 0.418 e. The van der Waals surface area contributed by atoms with Gasteiger partial charge >= 0.3 is 12.4 Å². The van der Waals surface area contributed by atoms with Crippen LogP contribution in [0.25, 0.3) is 0 Å². The third kappa shape index (κ3) is 3.26. The van der Waals surface area contributed by atoms with Gasteiger partial charge in [0, 0.05) is 10.6 Å². The van der Waals surface area contributed by atoms with Crippen LogP contribution in [-0.4, -0.2) is 11.3 Å². The van der Waals surface area contributed by atoms with Crippen LogP contribution in [0.2, 0.25) is 5.02 Å². The molecule has 1 aromatic carbocycles. The summed E-state index contributed by atoms with van der Waals surface area (Å²) in [7, 11) is 0. The zero-order chi connectivity index (χ0) is 13.4. The first kappa shape index (κ1) is 14.1. The molecular weight excluding hydrogens is 274 g/mol. The summed E-state index contributed by atoms with van der Waals surface area (Å²) < 4.78 is 73.2.